The van der Waals surface area contributed by atoms with Gasteiger partial charge in [0.25, 0.3) is 0 Å². The summed E-state index contributed by atoms with van der Waals surface area (Å²) in [5, 5.41) is 8.82. The average molecular weight is 274 g/mol. The number of allylic oxidation sites excluding steroid dienone is 1. The lowest BCUT2D eigenvalue weighted by Crippen LogP contribution is -2.15. The number of carboxylic acids is 1. The highest BCUT2D eigenvalue weighted by atomic mass is 16.5. The van der Waals surface area contributed by atoms with Crippen molar-refractivity contribution >= 4 is 11.5 Å². The molecule has 0 bridgehead atoms. The van der Waals surface area contributed by atoms with Crippen molar-refractivity contribution in [3.8, 4) is 0 Å². The first kappa shape index (κ1) is 14.8. The van der Waals surface area contributed by atoms with Gasteiger partial charge in [0.15, 0.2) is 0 Å². The Bertz CT molecular complexity index is 576. The molecule has 0 saturated carbocycles. The van der Waals surface area contributed by atoms with Crippen molar-refractivity contribution in [1.29, 1.82) is 0 Å². The lowest BCUT2D eigenvalue weighted by molar-refractivity contribution is -0.143. The number of rotatable bonds is 3. The number of hydrogen-bond donors (Lipinski definition) is 1. The van der Waals surface area contributed by atoms with Crippen LogP contribution in [-0.2, 0) is 14.9 Å². The topological polar surface area (TPSA) is 46.5 Å². The van der Waals surface area contributed by atoms with Crippen molar-refractivity contribution in [3.63, 3.8) is 0 Å². The van der Waals surface area contributed by atoms with E-state index in [1.807, 2.05) is 19.1 Å². The van der Waals surface area contributed by atoms with Gasteiger partial charge in [0.1, 0.15) is 12.7 Å². The standard InChI is InChI=1S/C17H22O3/c1-10-11(2)16(20-9-14(18)19)12-7-6-8-13(15(10)12)17(3,4)5/h6-8,16H,9H2,1-5H3,(H,18,19). The molecule has 0 spiro atoms. The van der Waals surface area contributed by atoms with Crippen LogP contribution in [0.3, 0.4) is 0 Å². The van der Waals surface area contributed by atoms with Crippen LogP contribution in [0, 0.1) is 0 Å². The molecule has 108 valence electrons. The van der Waals surface area contributed by atoms with E-state index >= 15 is 0 Å². The minimum absolute atomic E-state index is 0.0502. The van der Waals surface area contributed by atoms with Gasteiger partial charge in [-0.05, 0) is 47.1 Å². The molecule has 1 atom stereocenters. The molecular formula is C17H22O3. The minimum atomic E-state index is -0.934. The SMILES string of the molecule is CC1=C(C)C(OCC(=O)O)c2cccc(C(C)(C)C)c21. The lowest BCUT2D eigenvalue weighted by atomic mass is 9.81. The molecule has 1 N–H and O–H groups in total. The molecule has 1 aliphatic rings. The van der Waals surface area contributed by atoms with Gasteiger partial charge in [-0.3, -0.25) is 0 Å². The monoisotopic (exact) mass is 274 g/mol. The number of hydrogen-bond acceptors (Lipinski definition) is 2. The molecule has 0 fully saturated rings. The largest absolute Gasteiger partial charge is 0.480 e. The number of fused-ring (bicyclic) bond motifs is 1. The molecule has 1 aromatic carbocycles. The molecule has 0 saturated heterocycles. The molecule has 1 aromatic rings. The Kier molecular flexibility index (Phi) is 3.74. The van der Waals surface area contributed by atoms with E-state index in [1.54, 1.807) is 0 Å². The predicted molar refractivity (Wildman–Crippen MR) is 79.7 cm³/mol. The summed E-state index contributed by atoms with van der Waals surface area (Å²) in [6, 6.07) is 6.22. The molecular weight excluding hydrogens is 252 g/mol. The third-order valence-electron chi connectivity index (χ3n) is 3.92. The fourth-order valence-corrected chi connectivity index (χ4v) is 2.83. The van der Waals surface area contributed by atoms with Crippen molar-refractivity contribution in [2.45, 2.75) is 46.1 Å². The number of carbonyl (C=O) groups is 1. The molecule has 1 unspecified atom stereocenters. The van der Waals surface area contributed by atoms with E-state index in [0.717, 1.165) is 11.1 Å². The van der Waals surface area contributed by atoms with Crippen LogP contribution in [0.15, 0.2) is 23.8 Å². The van der Waals surface area contributed by atoms with E-state index in [-0.39, 0.29) is 18.1 Å². The molecule has 3 nitrogen and oxygen atoms in total. The maximum absolute atomic E-state index is 10.7. The summed E-state index contributed by atoms with van der Waals surface area (Å²) in [6.07, 6.45) is -0.233. The smallest absolute Gasteiger partial charge is 0.329 e. The first-order valence-electron chi connectivity index (χ1n) is 6.88. The second-order valence-electron chi connectivity index (χ2n) is 6.41. The summed E-state index contributed by atoms with van der Waals surface area (Å²) in [6.45, 7) is 10.4. The molecule has 2 rings (SSSR count). The Morgan fingerprint density at radius 3 is 2.50 bits per heavy atom. The maximum atomic E-state index is 10.7. The number of aliphatic carboxylic acids is 1. The Morgan fingerprint density at radius 1 is 1.30 bits per heavy atom. The summed E-state index contributed by atoms with van der Waals surface area (Å²) >= 11 is 0. The van der Waals surface area contributed by atoms with E-state index in [1.165, 1.54) is 16.7 Å². The summed E-state index contributed by atoms with van der Waals surface area (Å²) in [4.78, 5) is 10.7. The summed E-state index contributed by atoms with van der Waals surface area (Å²) < 4.78 is 5.58. The van der Waals surface area contributed by atoms with E-state index < -0.39 is 5.97 Å². The summed E-state index contributed by atoms with van der Waals surface area (Å²) in [5.74, 6) is -0.934. The van der Waals surface area contributed by atoms with Gasteiger partial charge < -0.3 is 9.84 Å². The van der Waals surface area contributed by atoms with Crippen LogP contribution in [-0.4, -0.2) is 17.7 Å². The van der Waals surface area contributed by atoms with Crippen molar-refractivity contribution in [2.24, 2.45) is 0 Å². The number of carboxylic acid groups (broad SMARTS) is 1. The maximum Gasteiger partial charge on any atom is 0.329 e. The van der Waals surface area contributed by atoms with Crippen LogP contribution in [0.4, 0.5) is 0 Å². The van der Waals surface area contributed by atoms with Crippen molar-refractivity contribution < 1.29 is 14.6 Å². The molecule has 0 heterocycles. The van der Waals surface area contributed by atoms with Gasteiger partial charge in [0.05, 0.1) is 0 Å². The van der Waals surface area contributed by atoms with Crippen LogP contribution in [0.1, 0.15) is 57.4 Å². The average Bonchev–Trinajstić information content (AvgIpc) is 2.59. The zero-order chi connectivity index (χ0) is 15.1. The van der Waals surface area contributed by atoms with Crippen LogP contribution in [0.25, 0.3) is 5.57 Å². The first-order chi connectivity index (χ1) is 9.23. The second kappa shape index (κ2) is 5.06. The van der Waals surface area contributed by atoms with Crippen LogP contribution >= 0.6 is 0 Å². The van der Waals surface area contributed by atoms with Gasteiger partial charge >= 0.3 is 5.97 Å². The Labute approximate surface area is 120 Å². The van der Waals surface area contributed by atoms with Crippen LogP contribution < -0.4 is 0 Å². The Hall–Kier alpha value is -1.61. The summed E-state index contributed by atoms with van der Waals surface area (Å²) in [7, 11) is 0. The van der Waals surface area contributed by atoms with E-state index in [9.17, 15) is 4.79 Å². The minimum Gasteiger partial charge on any atom is -0.480 e. The van der Waals surface area contributed by atoms with Crippen LogP contribution in [0.2, 0.25) is 0 Å². The van der Waals surface area contributed by atoms with Gasteiger partial charge in [0.2, 0.25) is 0 Å². The molecule has 0 radical (unpaired) electrons. The van der Waals surface area contributed by atoms with Gasteiger partial charge in [0, 0.05) is 0 Å². The van der Waals surface area contributed by atoms with Gasteiger partial charge in [-0.2, -0.15) is 0 Å². The third kappa shape index (κ3) is 2.50. The third-order valence-corrected chi connectivity index (χ3v) is 3.92. The molecule has 1 aliphatic carbocycles. The molecule has 0 amide bonds. The van der Waals surface area contributed by atoms with E-state index in [4.69, 9.17) is 9.84 Å². The van der Waals surface area contributed by atoms with Crippen molar-refractivity contribution in [3.05, 3.63) is 40.5 Å². The number of ether oxygens (including phenoxy) is 1. The lowest BCUT2D eigenvalue weighted by Gasteiger charge is -2.24. The molecule has 20 heavy (non-hydrogen) atoms. The Morgan fingerprint density at radius 2 is 1.95 bits per heavy atom. The second-order valence-corrected chi connectivity index (χ2v) is 6.41. The zero-order valence-electron chi connectivity index (χ0n) is 12.8. The highest BCUT2D eigenvalue weighted by Crippen LogP contribution is 2.46. The highest BCUT2D eigenvalue weighted by Gasteiger charge is 2.32. The fraction of sp³-hybridized carbons (Fsp3) is 0.471. The van der Waals surface area contributed by atoms with E-state index in [0.29, 0.717) is 0 Å². The normalized spacial score (nSPS) is 18.4. The van der Waals surface area contributed by atoms with E-state index in [2.05, 4.69) is 33.8 Å². The molecule has 0 aliphatic heterocycles. The number of benzene rings is 1. The van der Waals surface area contributed by atoms with Gasteiger partial charge in [-0.15, -0.1) is 0 Å². The summed E-state index contributed by atoms with van der Waals surface area (Å²) in [5.41, 5.74) is 5.97. The molecule has 0 aromatic heterocycles. The molecule has 3 heteroatoms. The highest BCUT2D eigenvalue weighted by molar-refractivity contribution is 5.79. The van der Waals surface area contributed by atoms with Gasteiger partial charge in [-0.25, -0.2) is 4.79 Å². The Balaban J connectivity index is 2.50. The fourth-order valence-electron chi connectivity index (χ4n) is 2.83. The zero-order valence-corrected chi connectivity index (χ0v) is 12.8. The van der Waals surface area contributed by atoms with Crippen LogP contribution in [0.5, 0.6) is 0 Å². The predicted octanol–water partition coefficient (Wildman–Crippen LogP) is 3.93. The van der Waals surface area contributed by atoms with Crippen molar-refractivity contribution in [1.82, 2.24) is 0 Å². The first-order valence-corrected chi connectivity index (χ1v) is 6.88. The van der Waals surface area contributed by atoms with Gasteiger partial charge in [-0.1, -0.05) is 39.0 Å². The van der Waals surface area contributed by atoms with Crippen molar-refractivity contribution in [2.75, 3.05) is 6.61 Å². The quantitative estimate of drug-likeness (QED) is 0.908.